The van der Waals surface area contributed by atoms with Crippen molar-refractivity contribution in [1.29, 1.82) is 0 Å². The van der Waals surface area contributed by atoms with Crippen molar-refractivity contribution in [3.63, 3.8) is 0 Å². The maximum Gasteiger partial charge on any atom is 0.227 e. The molecule has 0 radical (unpaired) electrons. The smallest absolute Gasteiger partial charge is 0.227 e. The van der Waals surface area contributed by atoms with E-state index in [1.54, 1.807) is 0 Å². The van der Waals surface area contributed by atoms with Crippen LogP contribution in [-0.2, 0) is 9.59 Å². The van der Waals surface area contributed by atoms with Crippen LogP contribution in [0.25, 0.3) is 0 Å². The maximum atomic E-state index is 12.1. The minimum atomic E-state index is -0.273. The van der Waals surface area contributed by atoms with Crippen LogP contribution in [0.3, 0.4) is 0 Å². The normalized spacial score (nSPS) is 22.4. The summed E-state index contributed by atoms with van der Waals surface area (Å²) in [5, 5.41) is 3.10. The van der Waals surface area contributed by atoms with Gasteiger partial charge < -0.3 is 16.0 Å². The number of nitrogens with two attached hydrogens (primary N) is 1. The van der Waals surface area contributed by atoms with E-state index in [1.165, 1.54) is 0 Å². The van der Waals surface area contributed by atoms with Crippen LogP contribution in [0.15, 0.2) is 0 Å². The molecule has 2 aliphatic rings. The molecule has 5 nitrogen and oxygen atoms in total. The summed E-state index contributed by atoms with van der Waals surface area (Å²) in [6.07, 6.45) is 3.54. The van der Waals surface area contributed by atoms with E-state index in [-0.39, 0.29) is 29.2 Å². The van der Waals surface area contributed by atoms with Gasteiger partial charge in [0.15, 0.2) is 0 Å². The minimum Gasteiger partial charge on any atom is -0.353 e. The van der Waals surface area contributed by atoms with Crippen LogP contribution in [0.1, 0.15) is 39.5 Å². The molecular formula is C14H25N3O2. The molecule has 2 amide bonds. The molecule has 0 aromatic carbocycles. The van der Waals surface area contributed by atoms with Gasteiger partial charge in [-0.25, -0.2) is 0 Å². The molecule has 2 fully saturated rings. The first kappa shape index (κ1) is 14.3. The molecule has 108 valence electrons. The second-order valence-electron chi connectivity index (χ2n) is 6.21. The van der Waals surface area contributed by atoms with Crippen molar-refractivity contribution >= 4 is 11.8 Å². The monoisotopic (exact) mass is 267 g/mol. The topological polar surface area (TPSA) is 75.4 Å². The third-order valence-corrected chi connectivity index (χ3v) is 4.36. The Hall–Kier alpha value is -1.10. The molecule has 1 saturated heterocycles. The molecular weight excluding hydrogens is 242 g/mol. The maximum absolute atomic E-state index is 12.1. The van der Waals surface area contributed by atoms with Crippen molar-refractivity contribution in [2.45, 2.75) is 45.6 Å². The Morgan fingerprint density at radius 1 is 1.32 bits per heavy atom. The van der Waals surface area contributed by atoms with Gasteiger partial charge in [0, 0.05) is 31.6 Å². The summed E-state index contributed by atoms with van der Waals surface area (Å²) in [4.78, 5) is 25.8. The number of carbonyl (C=O) groups excluding carboxylic acids is 2. The Balaban J connectivity index is 1.78. The SMILES string of the molecule is CC(C)C(=O)N1CCC(NC(=O)C2(CN)CC2)CC1. The van der Waals surface area contributed by atoms with Crippen molar-refractivity contribution in [1.82, 2.24) is 10.2 Å². The highest BCUT2D eigenvalue weighted by atomic mass is 16.2. The predicted molar refractivity (Wildman–Crippen MR) is 73.3 cm³/mol. The Kier molecular flexibility index (Phi) is 4.13. The first-order chi connectivity index (χ1) is 8.98. The van der Waals surface area contributed by atoms with Crippen LogP contribution in [0.5, 0.6) is 0 Å². The third kappa shape index (κ3) is 3.08. The fraction of sp³-hybridized carbons (Fsp3) is 0.857. The van der Waals surface area contributed by atoms with Gasteiger partial charge in [0.25, 0.3) is 0 Å². The highest BCUT2D eigenvalue weighted by molar-refractivity contribution is 5.85. The number of hydrogen-bond donors (Lipinski definition) is 2. The third-order valence-electron chi connectivity index (χ3n) is 4.36. The molecule has 2 rings (SSSR count). The highest BCUT2D eigenvalue weighted by Gasteiger charge is 2.49. The van der Waals surface area contributed by atoms with Crippen LogP contribution in [0, 0.1) is 11.3 Å². The van der Waals surface area contributed by atoms with E-state index < -0.39 is 0 Å². The van der Waals surface area contributed by atoms with Gasteiger partial charge in [-0.15, -0.1) is 0 Å². The van der Waals surface area contributed by atoms with E-state index in [0.717, 1.165) is 38.8 Å². The molecule has 5 heteroatoms. The van der Waals surface area contributed by atoms with Crippen LogP contribution < -0.4 is 11.1 Å². The van der Waals surface area contributed by atoms with Gasteiger partial charge in [0.2, 0.25) is 11.8 Å². The van der Waals surface area contributed by atoms with Gasteiger partial charge in [0.1, 0.15) is 0 Å². The van der Waals surface area contributed by atoms with E-state index in [0.29, 0.717) is 6.54 Å². The molecule has 1 heterocycles. The minimum absolute atomic E-state index is 0.0538. The zero-order valence-electron chi connectivity index (χ0n) is 11.9. The summed E-state index contributed by atoms with van der Waals surface area (Å²) in [6.45, 7) is 5.79. The fourth-order valence-electron chi connectivity index (χ4n) is 2.62. The predicted octanol–water partition coefficient (Wildman–Crippen LogP) is 0.489. The Labute approximate surface area is 114 Å². The van der Waals surface area contributed by atoms with Gasteiger partial charge in [-0.05, 0) is 25.7 Å². The second kappa shape index (κ2) is 5.49. The molecule has 0 aromatic rings. The van der Waals surface area contributed by atoms with Crippen LogP contribution in [-0.4, -0.2) is 42.4 Å². The van der Waals surface area contributed by atoms with Crippen molar-refractivity contribution in [2.24, 2.45) is 17.1 Å². The Morgan fingerprint density at radius 3 is 2.32 bits per heavy atom. The quantitative estimate of drug-likeness (QED) is 0.778. The molecule has 0 atom stereocenters. The summed E-state index contributed by atoms with van der Waals surface area (Å²) in [5.41, 5.74) is 5.38. The number of nitrogens with one attached hydrogen (secondary N) is 1. The van der Waals surface area contributed by atoms with Crippen molar-refractivity contribution < 1.29 is 9.59 Å². The lowest BCUT2D eigenvalue weighted by Gasteiger charge is -2.34. The average Bonchev–Trinajstić information content (AvgIpc) is 3.19. The number of rotatable bonds is 4. The summed E-state index contributed by atoms with van der Waals surface area (Å²) in [5.74, 6) is 0.382. The van der Waals surface area contributed by atoms with E-state index in [1.807, 2.05) is 18.7 Å². The van der Waals surface area contributed by atoms with E-state index >= 15 is 0 Å². The Morgan fingerprint density at radius 2 is 1.89 bits per heavy atom. The lowest BCUT2D eigenvalue weighted by atomic mass is 10.0. The number of carbonyl (C=O) groups is 2. The summed E-state index contributed by atoms with van der Waals surface area (Å²) >= 11 is 0. The molecule has 1 saturated carbocycles. The average molecular weight is 267 g/mol. The summed E-state index contributed by atoms with van der Waals surface area (Å²) in [7, 11) is 0. The number of piperidine rings is 1. The second-order valence-corrected chi connectivity index (χ2v) is 6.21. The van der Waals surface area contributed by atoms with E-state index in [2.05, 4.69) is 5.32 Å². The van der Waals surface area contributed by atoms with Gasteiger partial charge in [-0.1, -0.05) is 13.8 Å². The van der Waals surface area contributed by atoms with Crippen LogP contribution >= 0.6 is 0 Å². The fourth-order valence-corrected chi connectivity index (χ4v) is 2.62. The molecule has 0 unspecified atom stereocenters. The number of likely N-dealkylation sites (tertiary alicyclic amines) is 1. The number of amides is 2. The van der Waals surface area contributed by atoms with Crippen molar-refractivity contribution in [3.8, 4) is 0 Å². The molecule has 0 spiro atoms. The van der Waals surface area contributed by atoms with Gasteiger partial charge in [0.05, 0.1) is 5.41 Å². The van der Waals surface area contributed by atoms with Gasteiger partial charge in [-0.3, -0.25) is 9.59 Å². The largest absolute Gasteiger partial charge is 0.353 e. The van der Waals surface area contributed by atoms with Crippen molar-refractivity contribution in [2.75, 3.05) is 19.6 Å². The molecule has 0 aromatic heterocycles. The molecule has 0 bridgehead atoms. The lowest BCUT2D eigenvalue weighted by molar-refractivity contribution is -0.135. The molecule has 3 N–H and O–H groups in total. The molecule has 1 aliphatic heterocycles. The first-order valence-corrected chi connectivity index (χ1v) is 7.28. The van der Waals surface area contributed by atoms with Gasteiger partial charge >= 0.3 is 0 Å². The summed E-state index contributed by atoms with van der Waals surface area (Å²) < 4.78 is 0. The Bertz CT molecular complexity index is 356. The zero-order valence-corrected chi connectivity index (χ0v) is 11.9. The van der Waals surface area contributed by atoms with Gasteiger partial charge in [-0.2, -0.15) is 0 Å². The van der Waals surface area contributed by atoms with Crippen LogP contribution in [0.4, 0.5) is 0 Å². The van der Waals surface area contributed by atoms with E-state index in [4.69, 9.17) is 5.73 Å². The lowest BCUT2D eigenvalue weighted by Crippen LogP contribution is -2.49. The number of hydrogen-bond acceptors (Lipinski definition) is 3. The van der Waals surface area contributed by atoms with Crippen molar-refractivity contribution in [3.05, 3.63) is 0 Å². The number of nitrogens with zero attached hydrogens (tertiary/aromatic N) is 1. The van der Waals surface area contributed by atoms with Crippen LogP contribution in [0.2, 0.25) is 0 Å². The molecule has 1 aliphatic carbocycles. The zero-order chi connectivity index (χ0) is 14.0. The first-order valence-electron chi connectivity index (χ1n) is 7.28. The van der Waals surface area contributed by atoms with E-state index in [9.17, 15) is 9.59 Å². The highest BCUT2D eigenvalue weighted by Crippen LogP contribution is 2.44. The molecule has 19 heavy (non-hydrogen) atoms. The standard InChI is InChI=1S/C14H25N3O2/c1-10(2)12(18)17-7-3-11(4-8-17)16-13(19)14(9-15)5-6-14/h10-11H,3-9,15H2,1-2H3,(H,16,19). The summed E-state index contributed by atoms with van der Waals surface area (Å²) in [6, 6.07) is 0.202.